The average molecular weight is 452 g/mol. The second-order valence-electron chi connectivity index (χ2n) is 7.50. The predicted octanol–water partition coefficient (Wildman–Crippen LogP) is 3.31. The fraction of sp³-hybridized carbons (Fsp3) is 0.115. The monoisotopic (exact) mass is 452 g/mol. The van der Waals surface area contributed by atoms with Gasteiger partial charge < -0.3 is 10.1 Å². The van der Waals surface area contributed by atoms with Crippen molar-refractivity contribution in [3.63, 3.8) is 0 Å². The molecule has 0 atom stereocenters. The summed E-state index contributed by atoms with van der Waals surface area (Å²) >= 11 is 0. The number of carbonyl (C=O) groups is 2. The molecule has 1 aromatic heterocycles. The lowest BCUT2D eigenvalue weighted by atomic mass is 10.1. The molecule has 0 aliphatic heterocycles. The number of carbonyl (C=O) groups excluding carboxylic acids is 2. The normalized spacial score (nSPS) is 10.4. The number of benzene rings is 3. The van der Waals surface area contributed by atoms with Gasteiger partial charge in [-0.3, -0.25) is 9.59 Å². The highest BCUT2D eigenvalue weighted by Gasteiger charge is 2.19. The van der Waals surface area contributed by atoms with E-state index in [1.54, 1.807) is 48.5 Å². The van der Waals surface area contributed by atoms with Gasteiger partial charge in [-0.05, 0) is 29.3 Å². The Labute approximate surface area is 195 Å². The number of hydrogen-bond donors (Lipinski definition) is 1. The summed E-state index contributed by atoms with van der Waals surface area (Å²) in [5, 5.41) is 16.3. The minimum atomic E-state index is -0.808. The Kier molecular flexibility index (Phi) is 6.75. The molecule has 0 radical (unpaired) electrons. The van der Waals surface area contributed by atoms with Gasteiger partial charge in [0.2, 0.25) is 0 Å². The zero-order chi connectivity index (χ0) is 23.9. The van der Waals surface area contributed by atoms with Crippen LogP contribution in [0.4, 0.5) is 5.69 Å². The van der Waals surface area contributed by atoms with Crippen molar-refractivity contribution in [1.82, 2.24) is 9.78 Å². The highest BCUT2D eigenvalue weighted by molar-refractivity contribution is 6.03. The Balaban J connectivity index is 1.51. The molecule has 0 aliphatic rings. The number of rotatable bonds is 7. The van der Waals surface area contributed by atoms with Crippen LogP contribution in [0.5, 0.6) is 0 Å². The number of hydrogen-bond acceptors (Lipinski definition) is 6. The van der Waals surface area contributed by atoms with Gasteiger partial charge in [0.1, 0.15) is 0 Å². The fourth-order valence-electron chi connectivity index (χ4n) is 3.44. The second kappa shape index (κ2) is 10.2. The first-order valence-corrected chi connectivity index (χ1v) is 10.5. The van der Waals surface area contributed by atoms with E-state index in [1.807, 2.05) is 30.3 Å². The van der Waals surface area contributed by atoms with Crippen molar-refractivity contribution in [1.29, 1.82) is 5.26 Å². The number of aromatic nitrogens is 2. The van der Waals surface area contributed by atoms with E-state index >= 15 is 0 Å². The number of nitriles is 1. The molecule has 168 valence electrons. The van der Waals surface area contributed by atoms with Crippen LogP contribution in [0.3, 0.4) is 0 Å². The lowest BCUT2D eigenvalue weighted by molar-refractivity contribution is -0.119. The number of nitrogens with zero attached hydrogens (tertiary/aromatic N) is 3. The first-order valence-electron chi connectivity index (χ1n) is 10.5. The van der Waals surface area contributed by atoms with E-state index in [0.717, 1.165) is 11.1 Å². The highest BCUT2D eigenvalue weighted by Crippen LogP contribution is 2.15. The molecule has 0 bridgehead atoms. The van der Waals surface area contributed by atoms with Crippen molar-refractivity contribution < 1.29 is 14.3 Å². The largest absolute Gasteiger partial charge is 0.451 e. The summed E-state index contributed by atoms with van der Waals surface area (Å²) in [4.78, 5) is 38.0. The molecule has 1 amide bonds. The predicted molar refractivity (Wildman–Crippen MR) is 126 cm³/mol. The van der Waals surface area contributed by atoms with Gasteiger partial charge in [0.15, 0.2) is 12.3 Å². The van der Waals surface area contributed by atoms with E-state index in [0.29, 0.717) is 16.5 Å². The summed E-state index contributed by atoms with van der Waals surface area (Å²) in [5.74, 6) is -1.33. The molecule has 3 aromatic carbocycles. The smallest absolute Gasteiger partial charge is 0.359 e. The highest BCUT2D eigenvalue weighted by atomic mass is 16.5. The standard InChI is InChI=1S/C26H20N4O4/c27-15-14-18-10-12-20(13-11-18)28-23(31)17-34-26(33)24-21-8-4-5-9-22(21)25(32)30(29-24)16-19-6-2-1-3-7-19/h1-13H,14,16-17H2,(H,28,31). The van der Waals surface area contributed by atoms with Crippen molar-refractivity contribution in [2.75, 3.05) is 11.9 Å². The summed E-state index contributed by atoms with van der Waals surface area (Å²) in [6, 6.07) is 24.8. The number of amides is 1. The van der Waals surface area contributed by atoms with Crippen LogP contribution in [0.15, 0.2) is 83.7 Å². The van der Waals surface area contributed by atoms with Crippen LogP contribution in [0.2, 0.25) is 0 Å². The third kappa shape index (κ3) is 5.16. The Morgan fingerprint density at radius 1 is 0.912 bits per heavy atom. The third-order valence-electron chi connectivity index (χ3n) is 5.09. The summed E-state index contributed by atoms with van der Waals surface area (Å²) < 4.78 is 6.43. The Morgan fingerprint density at radius 3 is 2.29 bits per heavy atom. The fourth-order valence-corrected chi connectivity index (χ4v) is 3.44. The molecule has 4 rings (SSSR count). The second-order valence-corrected chi connectivity index (χ2v) is 7.50. The summed E-state index contributed by atoms with van der Waals surface area (Å²) in [6.45, 7) is -0.334. The Morgan fingerprint density at radius 2 is 1.59 bits per heavy atom. The molecule has 34 heavy (non-hydrogen) atoms. The van der Waals surface area contributed by atoms with Crippen LogP contribution in [0.1, 0.15) is 21.6 Å². The number of nitrogens with one attached hydrogen (secondary N) is 1. The molecule has 0 fully saturated rings. The van der Waals surface area contributed by atoms with Crippen LogP contribution in [-0.2, 0) is 22.5 Å². The van der Waals surface area contributed by atoms with Crippen molar-refractivity contribution in [3.8, 4) is 6.07 Å². The van der Waals surface area contributed by atoms with Gasteiger partial charge in [-0.2, -0.15) is 10.4 Å². The zero-order valence-corrected chi connectivity index (χ0v) is 18.1. The molecular weight excluding hydrogens is 432 g/mol. The maximum Gasteiger partial charge on any atom is 0.359 e. The topological polar surface area (TPSA) is 114 Å². The minimum Gasteiger partial charge on any atom is -0.451 e. The van der Waals surface area contributed by atoms with Gasteiger partial charge in [0, 0.05) is 11.1 Å². The van der Waals surface area contributed by atoms with Gasteiger partial charge >= 0.3 is 5.97 Å². The van der Waals surface area contributed by atoms with Crippen LogP contribution >= 0.6 is 0 Å². The minimum absolute atomic E-state index is 0.0419. The van der Waals surface area contributed by atoms with Crippen molar-refractivity contribution in [3.05, 3.63) is 106 Å². The molecule has 0 aliphatic carbocycles. The Bertz CT molecular complexity index is 1440. The van der Waals surface area contributed by atoms with Crippen molar-refractivity contribution in [2.45, 2.75) is 13.0 Å². The number of esters is 1. The summed E-state index contributed by atoms with van der Waals surface area (Å²) in [5.41, 5.74) is 1.83. The molecule has 8 heteroatoms. The van der Waals surface area contributed by atoms with E-state index < -0.39 is 18.5 Å². The zero-order valence-electron chi connectivity index (χ0n) is 18.1. The van der Waals surface area contributed by atoms with E-state index in [2.05, 4.69) is 16.5 Å². The molecule has 0 spiro atoms. The first-order chi connectivity index (χ1) is 16.5. The number of ether oxygens (including phenoxy) is 1. The van der Waals surface area contributed by atoms with E-state index in [1.165, 1.54) is 4.68 Å². The summed E-state index contributed by atoms with van der Waals surface area (Å²) in [6.07, 6.45) is 0.277. The van der Waals surface area contributed by atoms with Crippen LogP contribution in [0.25, 0.3) is 10.8 Å². The lowest BCUT2D eigenvalue weighted by Gasteiger charge is -2.11. The quantitative estimate of drug-likeness (QED) is 0.430. The maximum atomic E-state index is 12.9. The van der Waals surface area contributed by atoms with Crippen LogP contribution in [0, 0.1) is 11.3 Å². The van der Waals surface area contributed by atoms with Gasteiger partial charge in [-0.15, -0.1) is 0 Å². The van der Waals surface area contributed by atoms with E-state index in [-0.39, 0.29) is 24.2 Å². The summed E-state index contributed by atoms with van der Waals surface area (Å²) in [7, 11) is 0. The Hall–Kier alpha value is -4.77. The van der Waals surface area contributed by atoms with E-state index in [9.17, 15) is 14.4 Å². The number of fused-ring (bicyclic) bond motifs is 1. The molecular formula is C26H20N4O4. The maximum absolute atomic E-state index is 12.9. The van der Waals surface area contributed by atoms with Crippen LogP contribution in [-0.4, -0.2) is 28.3 Å². The molecule has 0 unspecified atom stereocenters. The van der Waals surface area contributed by atoms with Gasteiger partial charge in [0.25, 0.3) is 11.5 Å². The lowest BCUT2D eigenvalue weighted by Crippen LogP contribution is -2.28. The molecule has 1 N–H and O–H groups in total. The van der Waals surface area contributed by atoms with Gasteiger partial charge in [-0.25, -0.2) is 9.48 Å². The van der Waals surface area contributed by atoms with E-state index in [4.69, 9.17) is 10.00 Å². The van der Waals surface area contributed by atoms with Crippen LogP contribution < -0.4 is 10.9 Å². The SMILES string of the molecule is N#CCc1ccc(NC(=O)COC(=O)c2nn(Cc3ccccc3)c(=O)c3ccccc23)cc1. The van der Waals surface area contributed by atoms with Crippen molar-refractivity contribution in [2.24, 2.45) is 0 Å². The molecule has 1 heterocycles. The van der Waals surface area contributed by atoms with Gasteiger partial charge in [-0.1, -0.05) is 60.7 Å². The average Bonchev–Trinajstić information content (AvgIpc) is 2.86. The first kappa shape index (κ1) is 22.4. The molecule has 0 saturated heterocycles. The number of anilines is 1. The molecule has 4 aromatic rings. The third-order valence-corrected chi connectivity index (χ3v) is 5.09. The molecule has 8 nitrogen and oxygen atoms in total. The van der Waals surface area contributed by atoms with Crippen molar-refractivity contribution >= 4 is 28.3 Å². The van der Waals surface area contributed by atoms with Gasteiger partial charge in [0.05, 0.1) is 24.4 Å². The molecule has 0 saturated carbocycles.